The number of hydrogen-bond acceptors (Lipinski definition) is 4. The Kier molecular flexibility index (Phi) is 4.43. The number of aryl methyl sites for hydroxylation is 1. The summed E-state index contributed by atoms with van der Waals surface area (Å²) in [6, 6.07) is 11.9. The Morgan fingerprint density at radius 1 is 1.14 bits per heavy atom. The third-order valence-corrected chi connectivity index (χ3v) is 5.21. The molecular formula is C21H19N3O4. The van der Waals surface area contributed by atoms with Crippen LogP contribution in [0, 0.1) is 6.92 Å². The number of carboxylic acids is 1. The van der Waals surface area contributed by atoms with Crippen molar-refractivity contribution in [2.24, 2.45) is 0 Å². The second kappa shape index (κ2) is 6.92. The normalized spacial score (nSPS) is 16.0. The summed E-state index contributed by atoms with van der Waals surface area (Å²) in [5, 5.41) is 10.0. The molecule has 0 unspecified atom stereocenters. The van der Waals surface area contributed by atoms with E-state index >= 15 is 0 Å². The van der Waals surface area contributed by atoms with Crippen molar-refractivity contribution in [2.75, 3.05) is 0 Å². The minimum absolute atomic E-state index is 0.209. The van der Waals surface area contributed by atoms with Crippen molar-refractivity contribution < 1.29 is 14.7 Å². The molecule has 1 amide bonds. The molecule has 4 rings (SSSR count). The van der Waals surface area contributed by atoms with Gasteiger partial charge in [0, 0.05) is 13.0 Å². The summed E-state index contributed by atoms with van der Waals surface area (Å²) >= 11 is 0. The molecule has 2 aromatic carbocycles. The Morgan fingerprint density at radius 3 is 2.64 bits per heavy atom. The number of carboxylic acid groups (broad SMARTS) is 1. The van der Waals surface area contributed by atoms with Crippen LogP contribution in [0.4, 0.5) is 0 Å². The molecule has 1 aromatic heterocycles. The minimum Gasteiger partial charge on any atom is -0.480 e. The molecule has 1 N–H and O–H groups in total. The number of benzene rings is 2. The van der Waals surface area contributed by atoms with E-state index in [-0.39, 0.29) is 25.1 Å². The molecule has 0 spiro atoms. The molecule has 28 heavy (non-hydrogen) atoms. The van der Waals surface area contributed by atoms with Gasteiger partial charge in [0.1, 0.15) is 12.6 Å². The zero-order valence-electron chi connectivity index (χ0n) is 15.3. The monoisotopic (exact) mass is 377 g/mol. The van der Waals surface area contributed by atoms with Crippen LogP contribution in [0.1, 0.15) is 16.7 Å². The van der Waals surface area contributed by atoms with Crippen LogP contribution in [0.25, 0.3) is 10.9 Å². The van der Waals surface area contributed by atoms with Crippen molar-refractivity contribution in [1.29, 1.82) is 0 Å². The number of para-hydroxylation sites is 1. The van der Waals surface area contributed by atoms with Crippen molar-refractivity contribution >= 4 is 22.8 Å². The van der Waals surface area contributed by atoms with Gasteiger partial charge < -0.3 is 10.0 Å². The van der Waals surface area contributed by atoms with E-state index in [2.05, 4.69) is 4.98 Å². The number of fused-ring (bicyclic) bond motifs is 2. The van der Waals surface area contributed by atoms with Crippen LogP contribution >= 0.6 is 0 Å². The summed E-state index contributed by atoms with van der Waals surface area (Å²) in [6.07, 6.45) is 1.60. The zero-order valence-corrected chi connectivity index (χ0v) is 15.3. The fourth-order valence-corrected chi connectivity index (χ4v) is 3.69. The summed E-state index contributed by atoms with van der Waals surface area (Å²) in [5.74, 6) is -1.47. The van der Waals surface area contributed by atoms with Crippen molar-refractivity contribution in [3.63, 3.8) is 0 Å². The lowest BCUT2D eigenvalue weighted by Crippen LogP contribution is -2.50. The Bertz CT molecular complexity index is 1150. The topological polar surface area (TPSA) is 92.5 Å². The Hall–Kier alpha value is -3.48. The Morgan fingerprint density at radius 2 is 1.89 bits per heavy atom. The van der Waals surface area contributed by atoms with E-state index in [1.807, 2.05) is 37.3 Å². The Labute approximate surface area is 160 Å². The molecule has 0 radical (unpaired) electrons. The molecule has 3 aromatic rings. The molecule has 0 fully saturated rings. The number of nitrogens with zero attached hydrogens (tertiary/aromatic N) is 3. The van der Waals surface area contributed by atoms with Crippen LogP contribution in [0.3, 0.4) is 0 Å². The fraction of sp³-hybridized carbons (Fsp3) is 0.238. The van der Waals surface area contributed by atoms with Crippen molar-refractivity contribution in [3.05, 3.63) is 75.8 Å². The average Bonchev–Trinajstić information content (AvgIpc) is 2.69. The van der Waals surface area contributed by atoms with Crippen molar-refractivity contribution in [3.8, 4) is 0 Å². The lowest BCUT2D eigenvalue weighted by atomic mass is 9.94. The van der Waals surface area contributed by atoms with Gasteiger partial charge in [0.2, 0.25) is 5.91 Å². The van der Waals surface area contributed by atoms with E-state index in [0.717, 1.165) is 16.7 Å². The maximum atomic E-state index is 12.9. The van der Waals surface area contributed by atoms with Crippen molar-refractivity contribution in [1.82, 2.24) is 14.5 Å². The van der Waals surface area contributed by atoms with Gasteiger partial charge in [0.05, 0.1) is 17.2 Å². The highest BCUT2D eigenvalue weighted by molar-refractivity contribution is 5.85. The molecule has 7 heteroatoms. The van der Waals surface area contributed by atoms with Crippen LogP contribution in [-0.4, -0.2) is 37.5 Å². The number of carbonyl (C=O) groups is 2. The smallest absolute Gasteiger partial charge is 0.326 e. The van der Waals surface area contributed by atoms with E-state index in [4.69, 9.17) is 0 Å². The van der Waals surface area contributed by atoms with E-state index in [9.17, 15) is 19.5 Å². The van der Waals surface area contributed by atoms with E-state index in [1.54, 1.807) is 12.1 Å². The zero-order chi connectivity index (χ0) is 19.8. The summed E-state index contributed by atoms with van der Waals surface area (Å²) in [4.78, 5) is 43.0. The number of amides is 1. The van der Waals surface area contributed by atoms with Crippen molar-refractivity contribution in [2.45, 2.75) is 32.5 Å². The summed E-state index contributed by atoms with van der Waals surface area (Å²) in [7, 11) is 0. The number of rotatable bonds is 3. The first-order valence-electron chi connectivity index (χ1n) is 8.99. The highest BCUT2D eigenvalue weighted by Gasteiger charge is 2.34. The fourth-order valence-electron chi connectivity index (χ4n) is 3.69. The molecule has 7 nitrogen and oxygen atoms in total. The highest BCUT2D eigenvalue weighted by atomic mass is 16.4. The molecule has 1 aliphatic rings. The number of aromatic nitrogens is 2. The van der Waals surface area contributed by atoms with Gasteiger partial charge in [-0.3, -0.25) is 14.2 Å². The first-order chi connectivity index (χ1) is 13.5. The van der Waals surface area contributed by atoms with E-state index in [0.29, 0.717) is 10.9 Å². The lowest BCUT2D eigenvalue weighted by Gasteiger charge is -2.34. The largest absolute Gasteiger partial charge is 0.480 e. The molecule has 0 aliphatic carbocycles. The molecule has 0 saturated carbocycles. The Balaban J connectivity index is 1.66. The summed E-state index contributed by atoms with van der Waals surface area (Å²) in [6.45, 7) is 1.83. The van der Waals surface area contributed by atoms with Gasteiger partial charge in [-0.1, -0.05) is 36.4 Å². The predicted molar refractivity (Wildman–Crippen MR) is 103 cm³/mol. The summed E-state index contributed by atoms with van der Waals surface area (Å²) < 4.78 is 1.24. The first kappa shape index (κ1) is 17.9. The van der Waals surface area contributed by atoms with Gasteiger partial charge in [-0.15, -0.1) is 0 Å². The predicted octanol–water partition coefficient (Wildman–Crippen LogP) is 1.74. The molecular weight excluding hydrogens is 358 g/mol. The van der Waals surface area contributed by atoms with E-state index < -0.39 is 17.9 Å². The SMILES string of the molecule is Cc1cccc2c(=O)n(CC(=O)N3Cc4ccccc4C[C@@H]3C(=O)O)cnc12. The molecule has 1 atom stereocenters. The van der Waals surface area contributed by atoms with Crippen LogP contribution in [0.2, 0.25) is 0 Å². The first-order valence-corrected chi connectivity index (χ1v) is 8.99. The van der Waals surface area contributed by atoms with Gasteiger partial charge in [-0.2, -0.15) is 0 Å². The lowest BCUT2D eigenvalue weighted by molar-refractivity contribution is -0.151. The number of aliphatic carboxylic acids is 1. The maximum Gasteiger partial charge on any atom is 0.326 e. The number of carbonyl (C=O) groups excluding carboxylic acids is 1. The molecule has 1 aliphatic heterocycles. The van der Waals surface area contributed by atoms with Gasteiger partial charge in [0.15, 0.2) is 0 Å². The second-order valence-electron chi connectivity index (χ2n) is 7.00. The van der Waals surface area contributed by atoms with Gasteiger partial charge in [0.25, 0.3) is 5.56 Å². The van der Waals surface area contributed by atoms with Crippen LogP contribution in [0.5, 0.6) is 0 Å². The third kappa shape index (κ3) is 3.05. The van der Waals surface area contributed by atoms with Crippen LogP contribution < -0.4 is 5.56 Å². The van der Waals surface area contributed by atoms with Gasteiger partial charge in [-0.05, 0) is 29.7 Å². The van der Waals surface area contributed by atoms with Gasteiger partial charge >= 0.3 is 5.97 Å². The molecule has 142 valence electrons. The van der Waals surface area contributed by atoms with Gasteiger partial charge in [-0.25, -0.2) is 9.78 Å². The maximum absolute atomic E-state index is 12.9. The molecule has 0 bridgehead atoms. The average molecular weight is 377 g/mol. The van der Waals surface area contributed by atoms with E-state index in [1.165, 1.54) is 15.8 Å². The quantitative estimate of drug-likeness (QED) is 0.751. The minimum atomic E-state index is -1.05. The second-order valence-corrected chi connectivity index (χ2v) is 7.00. The standard InChI is InChI=1S/C21H19N3O4/c1-13-5-4-8-16-19(13)22-12-23(20(16)26)11-18(25)24-10-15-7-3-2-6-14(15)9-17(24)21(27)28/h2-8,12,17H,9-11H2,1H3,(H,27,28)/t17-/m1/s1. The highest BCUT2D eigenvalue weighted by Crippen LogP contribution is 2.24. The number of hydrogen-bond donors (Lipinski definition) is 1. The molecule has 2 heterocycles. The molecule has 0 saturated heterocycles. The third-order valence-electron chi connectivity index (χ3n) is 5.21. The summed E-state index contributed by atoms with van der Waals surface area (Å²) in [5.41, 5.74) is 3.02. The van der Waals surface area contributed by atoms with Crippen LogP contribution in [-0.2, 0) is 29.1 Å². The van der Waals surface area contributed by atoms with Crippen LogP contribution in [0.15, 0.2) is 53.6 Å².